The van der Waals surface area contributed by atoms with Crippen LogP contribution in [-0.4, -0.2) is 29.9 Å². The molecule has 148 valence electrons. The molecule has 0 saturated heterocycles. The fourth-order valence-electron chi connectivity index (χ4n) is 2.92. The van der Waals surface area contributed by atoms with Crippen molar-refractivity contribution in [3.05, 3.63) is 84.2 Å². The van der Waals surface area contributed by atoms with Gasteiger partial charge in [0.25, 0.3) is 11.8 Å². The lowest BCUT2D eigenvalue weighted by Gasteiger charge is -2.20. The van der Waals surface area contributed by atoms with Crippen molar-refractivity contribution in [3.8, 4) is 5.75 Å². The van der Waals surface area contributed by atoms with Crippen LogP contribution in [0.5, 0.6) is 5.75 Å². The van der Waals surface area contributed by atoms with Gasteiger partial charge in [0.15, 0.2) is 0 Å². The van der Waals surface area contributed by atoms with Crippen molar-refractivity contribution in [1.29, 1.82) is 0 Å². The van der Waals surface area contributed by atoms with Crippen LogP contribution in [0.15, 0.2) is 72.9 Å². The van der Waals surface area contributed by atoms with Gasteiger partial charge >= 0.3 is 0 Å². The summed E-state index contributed by atoms with van der Waals surface area (Å²) in [6.07, 6.45) is 1.47. The molecule has 0 aliphatic rings. The molecule has 3 aromatic rings. The molecule has 0 fully saturated rings. The SMILES string of the molecule is CCOc1ccccc1NC(=O)c1ccnc(C(=O)N(CC)c2ccccc2)c1. The Labute approximate surface area is 170 Å². The summed E-state index contributed by atoms with van der Waals surface area (Å²) in [6.45, 7) is 4.76. The number of anilines is 2. The van der Waals surface area contributed by atoms with Gasteiger partial charge in [0.1, 0.15) is 11.4 Å². The summed E-state index contributed by atoms with van der Waals surface area (Å²) in [6, 6.07) is 19.7. The molecule has 0 unspecified atom stereocenters. The molecule has 0 aliphatic heterocycles. The van der Waals surface area contributed by atoms with Gasteiger partial charge in [0, 0.05) is 24.0 Å². The van der Waals surface area contributed by atoms with E-state index in [-0.39, 0.29) is 17.5 Å². The molecule has 0 saturated carbocycles. The van der Waals surface area contributed by atoms with Gasteiger partial charge in [-0.3, -0.25) is 14.6 Å². The highest BCUT2D eigenvalue weighted by atomic mass is 16.5. The molecular formula is C23H23N3O3. The molecule has 0 spiro atoms. The van der Waals surface area contributed by atoms with Crippen molar-refractivity contribution in [1.82, 2.24) is 4.98 Å². The Morgan fingerprint density at radius 2 is 1.72 bits per heavy atom. The van der Waals surface area contributed by atoms with E-state index < -0.39 is 0 Å². The van der Waals surface area contributed by atoms with E-state index in [0.29, 0.717) is 30.2 Å². The number of nitrogens with zero attached hydrogens (tertiary/aromatic N) is 2. The fourth-order valence-corrected chi connectivity index (χ4v) is 2.92. The number of benzene rings is 2. The predicted octanol–water partition coefficient (Wildman–Crippen LogP) is 4.40. The van der Waals surface area contributed by atoms with Gasteiger partial charge in [0.2, 0.25) is 0 Å². The standard InChI is InChI=1S/C23H23N3O3/c1-3-26(18-10-6-5-7-11-18)23(28)20-16-17(14-15-24-20)22(27)25-19-12-8-9-13-21(19)29-4-2/h5-16H,3-4H2,1-2H3,(H,25,27). The molecule has 29 heavy (non-hydrogen) atoms. The van der Waals surface area contributed by atoms with E-state index in [1.54, 1.807) is 23.1 Å². The normalized spacial score (nSPS) is 10.3. The number of hydrogen-bond donors (Lipinski definition) is 1. The van der Waals surface area contributed by atoms with Crippen LogP contribution in [-0.2, 0) is 0 Å². The molecule has 1 heterocycles. The lowest BCUT2D eigenvalue weighted by Crippen LogP contribution is -2.31. The number of rotatable bonds is 7. The summed E-state index contributed by atoms with van der Waals surface area (Å²) in [5, 5.41) is 2.84. The largest absolute Gasteiger partial charge is 0.492 e. The van der Waals surface area contributed by atoms with Crippen LogP contribution in [0, 0.1) is 0 Å². The molecule has 3 rings (SSSR count). The van der Waals surface area contributed by atoms with Gasteiger partial charge in [-0.1, -0.05) is 30.3 Å². The highest BCUT2D eigenvalue weighted by molar-refractivity contribution is 6.09. The molecule has 1 N–H and O–H groups in total. The predicted molar refractivity (Wildman–Crippen MR) is 114 cm³/mol. The van der Waals surface area contributed by atoms with Crippen molar-refractivity contribution in [2.75, 3.05) is 23.4 Å². The van der Waals surface area contributed by atoms with E-state index in [1.807, 2.05) is 56.3 Å². The number of para-hydroxylation sites is 3. The average molecular weight is 389 g/mol. The number of nitrogens with one attached hydrogen (secondary N) is 1. The summed E-state index contributed by atoms with van der Waals surface area (Å²) in [5.41, 5.74) is 1.91. The van der Waals surface area contributed by atoms with Gasteiger partial charge in [-0.15, -0.1) is 0 Å². The second-order valence-corrected chi connectivity index (χ2v) is 6.20. The smallest absolute Gasteiger partial charge is 0.276 e. The third-order valence-electron chi connectivity index (χ3n) is 4.31. The minimum Gasteiger partial charge on any atom is -0.492 e. The van der Waals surface area contributed by atoms with Gasteiger partial charge < -0.3 is 15.0 Å². The minimum absolute atomic E-state index is 0.210. The molecule has 6 nitrogen and oxygen atoms in total. The molecule has 0 bridgehead atoms. The zero-order valence-electron chi connectivity index (χ0n) is 16.5. The first kappa shape index (κ1) is 20.1. The maximum atomic E-state index is 13.0. The monoisotopic (exact) mass is 389 g/mol. The summed E-state index contributed by atoms with van der Waals surface area (Å²) in [4.78, 5) is 31.5. The van der Waals surface area contributed by atoms with E-state index in [9.17, 15) is 9.59 Å². The Hall–Kier alpha value is -3.67. The third kappa shape index (κ3) is 4.79. The number of carbonyl (C=O) groups excluding carboxylic acids is 2. The second-order valence-electron chi connectivity index (χ2n) is 6.20. The summed E-state index contributed by atoms with van der Waals surface area (Å²) >= 11 is 0. The van der Waals surface area contributed by atoms with Crippen molar-refractivity contribution in [2.45, 2.75) is 13.8 Å². The molecule has 0 aliphatic carbocycles. The lowest BCUT2D eigenvalue weighted by molar-refractivity contribution is 0.0983. The first-order valence-corrected chi connectivity index (χ1v) is 9.50. The Balaban J connectivity index is 1.82. The molecule has 2 amide bonds. The van der Waals surface area contributed by atoms with E-state index in [2.05, 4.69) is 10.3 Å². The average Bonchev–Trinajstić information content (AvgIpc) is 2.76. The van der Waals surface area contributed by atoms with Crippen LogP contribution in [0.2, 0.25) is 0 Å². The van der Waals surface area contributed by atoms with Crippen LogP contribution in [0.3, 0.4) is 0 Å². The van der Waals surface area contributed by atoms with Crippen LogP contribution in [0.4, 0.5) is 11.4 Å². The summed E-state index contributed by atoms with van der Waals surface area (Å²) in [7, 11) is 0. The molecule has 0 radical (unpaired) electrons. The highest BCUT2D eigenvalue weighted by Crippen LogP contribution is 2.24. The number of pyridine rings is 1. The van der Waals surface area contributed by atoms with Gasteiger partial charge in [-0.25, -0.2) is 0 Å². The van der Waals surface area contributed by atoms with Crippen molar-refractivity contribution in [3.63, 3.8) is 0 Å². The van der Waals surface area contributed by atoms with Gasteiger partial charge in [-0.05, 0) is 50.2 Å². The first-order valence-electron chi connectivity index (χ1n) is 9.50. The quantitative estimate of drug-likeness (QED) is 0.650. The Morgan fingerprint density at radius 1 is 1.00 bits per heavy atom. The van der Waals surface area contributed by atoms with E-state index in [0.717, 1.165) is 5.69 Å². The number of amides is 2. The number of aromatic nitrogens is 1. The third-order valence-corrected chi connectivity index (χ3v) is 4.31. The number of hydrogen-bond acceptors (Lipinski definition) is 4. The Kier molecular flexibility index (Phi) is 6.58. The molecule has 6 heteroatoms. The maximum Gasteiger partial charge on any atom is 0.276 e. The Bertz CT molecular complexity index is 989. The van der Waals surface area contributed by atoms with Gasteiger partial charge in [-0.2, -0.15) is 0 Å². The topological polar surface area (TPSA) is 71.5 Å². The first-order chi connectivity index (χ1) is 14.1. The number of carbonyl (C=O) groups is 2. The minimum atomic E-state index is -0.337. The molecule has 2 aromatic carbocycles. The van der Waals surface area contributed by atoms with Gasteiger partial charge in [0.05, 0.1) is 12.3 Å². The highest BCUT2D eigenvalue weighted by Gasteiger charge is 2.19. The van der Waals surface area contributed by atoms with Crippen molar-refractivity contribution < 1.29 is 14.3 Å². The van der Waals surface area contributed by atoms with Crippen LogP contribution < -0.4 is 15.0 Å². The van der Waals surface area contributed by atoms with Crippen LogP contribution in [0.1, 0.15) is 34.7 Å². The fraction of sp³-hybridized carbons (Fsp3) is 0.174. The molecular weight excluding hydrogens is 366 g/mol. The van der Waals surface area contributed by atoms with E-state index in [1.165, 1.54) is 12.3 Å². The molecule has 1 aromatic heterocycles. The maximum absolute atomic E-state index is 13.0. The Morgan fingerprint density at radius 3 is 2.45 bits per heavy atom. The van der Waals surface area contributed by atoms with E-state index >= 15 is 0 Å². The zero-order chi connectivity index (χ0) is 20.6. The zero-order valence-corrected chi connectivity index (χ0v) is 16.5. The van der Waals surface area contributed by atoms with Crippen LogP contribution in [0.25, 0.3) is 0 Å². The van der Waals surface area contributed by atoms with Crippen molar-refractivity contribution >= 4 is 23.2 Å². The second kappa shape index (κ2) is 9.50. The van der Waals surface area contributed by atoms with E-state index in [4.69, 9.17) is 4.74 Å². The lowest BCUT2D eigenvalue weighted by atomic mass is 10.1. The number of ether oxygens (including phenoxy) is 1. The molecule has 0 atom stereocenters. The van der Waals surface area contributed by atoms with Crippen LogP contribution >= 0.6 is 0 Å². The van der Waals surface area contributed by atoms with Crippen molar-refractivity contribution in [2.24, 2.45) is 0 Å². The summed E-state index contributed by atoms with van der Waals surface area (Å²) in [5.74, 6) is -0.00521. The summed E-state index contributed by atoms with van der Waals surface area (Å²) < 4.78 is 5.54.